The molecule has 1 N–H and O–H groups in total. The van der Waals surface area contributed by atoms with Crippen LogP contribution in [-0.2, 0) is 13.2 Å². The van der Waals surface area contributed by atoms with Crippen LogP contribution in [-0.4, -0.2) is 33.8 Å². The van der Waals surface area contributed by atoms with Crippen molar-refractivity contribution in [2.75, 3.05) is 13.1 Å². The summed E-state index contributed by atoms with van der Waals surface area (Å²) in [5, 5.41) is 6.56. The number of hydrazine groups is 1. The quantitative estimate of drug-likeness (QED) is 0.529. The van der Waals surface area contributed by atoms with Crippen LogP contribution < -0.4 is 10.2 Å². The summed E-state index contributed by atoms with van der Waals surface area (Å²) in [4.78, 5) is 12.7. The molecule has 2 heterocycles. The molecule has 4 rings (SSSR count). The first kappa shape index (κ1) is 21.6. The van der Waals surface area contributed by atoms with Crippen LogP contribution >= 0.6 is 15.9 Å². The highest BCUT2D eigenvalue weighted by molar-refractivity contribution is 9.10. The van der Waals surface area contributed by atoms with Gasteiger partial charge in [-0.05, 0) is 49.6 Å². The SMILES string of the molecule is Cc1cc(C(=O)NN2CCCCC2)nn1Cc1cc(Br)ccc1OCc1ccccc1. The van der Waals surface area contributed by atoms with Gasteiger partial charge in [-0.3, -0.25) is 14.9 Å². The standard InChI is InChI=1S/C24H27BrN4O2/c1-18-14-22(24(30)27-28-12-6-3-7-13-28)26-29(18)16-20-15-21(25)10-11-23(20)31-17-19-8-4-2-5-9-19/h2,4-5,8-11,14-15H,3,6-7,12-13,16-17H2,1H3,(H,27,30). The van der Waals surface area contributed by atoms with Gasteiger partial charge in [-0.15, -0.1) is 0 Å². The Balaban J connectivity index is 1.47. The Kier molecular flexibility index (Phi) is 7.04. The fourth-order valence-corrected chi connectivity index (χ4v) is 4.11. The molecule has 1 aliphatic rings. The highest BCUT2D eigenvalue weighted by Crippen LogP contribution is 2.25. The van der Waals surface area contributed by atoms with Crippen LogP contribution in [0, 0.1) is 6.92 Å². The first-order valence-electron chi connectivity index (χ1n) is 10.6. The van der Waals surface area contributed by atoms with Crippen LogP contribution in [0.5, 0.6) is 5.75 Å². The number of aromatic nitrogens is 2. The summed E-state index contributed by atoms with van der Waals surface area (Å²) in [5.74, 6) is 0.653. The van der Waals surface area contributed by atoms with Gasteiger partial charge in [-0.2, -0.15) is 5.10 Å². The number of hydrogen-bond acceptors (Lipinski definition) is 4. The number of piperidine rings is 1. The molecule has 31 heavy (non-hydrogen) atoms. The van der Waals surface area contributed by atoms with Gasteiger partial charge in [0, 0.05) is 28.8 Å². The maximum Gasteiger partial charge on any atom is 0.286 e. The average molecular weight is 483 g/mol. The summed E-state index contributed by atoms with van der Waals surface area (Å²) in [6, 6.07) is 17.9. The number of nitrogens with one attached hydrogen (secondary N) is 1. The number of ether oxygens (including phenoxy) is 1. The van der Waals surface area contributed by atoms with Crippen molar-refractivity contribution in [1.29, 1.82) is 0 Å². The topological polar surface area (TPSA) is 59.4 Å². The molecule has 0 unspecified atom stereocenters. The van der Waals surface area contributed by atoms with Crippen molar-refractivity contribution in [3.8, 4) is 5.75 Å². The molecule has 7 heteroatoms. The lowest BCUT2D eigenvalue weighted by Crippen LogP contribution is -2.45. The number of rotatable bonds is 7. The van der Waals surface area contributed by atoms with Gasteiger partial charge in [0.05, 0.1) is 6.54 Å². The first-order chi connectivity index (χ1) is 15.1. The molecule has 6 nitrogen and oxygen atoms in total. The second kappa shape index (κ2) is 10.1. The monoisotopic (exact) mass is 482 g/mol. The van der Waals surface area contributed by atoms with Crippen LogP contribution in [0.3, 0.4) is 0 Å². The van der Waals surface area contributed by atoms with E-state index in [9.17, 15) is 4.79 Å². The summed E-state index contributed by atoms with van der Waals surface area (Å²) in [7, 11) is 0. The van der Waals surface area contributed by atoms with Gasteiger partial charge in [0.25, 0.3) is 5.91 Å². The molecule has 3 aromatic rings. The number of carbonyl (C=O) groups is 1. The molecule has 0 spiro atoms. The second-order valence-electron chi connectivity index (χ2n) is 7.84. The minimum atomic E-state index is -0.154. The predicted octanol–water partition coefficient (Wildman–Crippen LogP) is 4.71. The molecule has 1 aliphatic heterocycles. The van der Waals surface area contributed by atoms with Crippen molar-refractivity contribution in [1.82, 2.24) is 20.2 Å². The van der Waals surface area contributed by atoms with E-state index in [-0.39, 0.29) is 5.91 Å². The van der Waals surface area contributed by atoms with Crippen molar-refractivity contribution in [3.05, 3.63) is 81.6 Å². The zero-order chi connectivity index (χ0) is 21.6. The van der Waals surface area contributed by atoms with Crippen molar-refractivity contribution in [2.24, 2.45) is 0 Å². The average Bonchev–Trinajstić information content (AvgIpc) is 3.15. The fourth-order valence-electron chi connectivity index (χ4n) is 3.70. The van der Waals surface area contributed by atoms with E-state index in [2.05, 4.69) is 26.5 Å². The number of aryl methyl sites for hydroxylation is 1. The van der Waals surface area contributed by atoms with E-state index in [1.807, 2.05) is 71.2 Å². The van der Waals surface area contributed by atoms with Gasteiger partial charge in [0.2, 0.25) is 0 Å². The Labute approximate surface area is 191 Å². The van der Waals surface area contributed by atoms with Gasteiger partial charge >= 0.3 is 0 Å². The minimum Gasteiger partial charge on any atom is -0.489 e. The predicted molar refractivity (Wildman–Crippen MR) is 124 cm³/mol. The third-order valence-electron chi connectivity index (χ3n) is 5.41. The normalized spacial score (nSPS) is 14.4. The lowest BCUT2D eigenvalue weighted by atomic mass is 10.2. The number of halogens is 1. The molecular weight excluding hydrogens is 456 g/mol. The smallest absolute Gasteiger partial charge is 0.286 e. The lowest BCUT2D eigenvalue weighted by Gasteiger charge is -2.26. The van der Waals surface area contributed by atoms with E-state index in [1.165, 1.54) is 6.42 Å². The van der Waals surface area contributed by atoms with Crippen molar-refractivity contribution in [3.63, 3.8) is 0 Å². The summed E-state index contributed by atoms with van der Waals surface area (Å²) < 4.78 is 8.92. The molecule has 0 aliphatic carbocycles. The van der Waals surface area contributed by atoms with E-state index >= 15 is 0 Å². The molecular formula is C24H27BrN4O2. The number of carbonyl (C=O) groups excluding carboxylic acids is 1. The van der Waals surface area contributed by atoms with Crippen LogP contribution in [0.2, 0.25) is 0 Å². The number of nitrogens with zero attached hydrogens (tertiary/aromatic N) is 3. The maximum atomic E-state index is 12.7. The highest BCUT2D eigenvalue weighted by Gasteiger charge is 2.18. The molecule has 0 bridgehead atoms. The molecule has 162 valence electrons. The van der Waals surface area contributed by atoms with Crippen molar-refractivity contribution >= 4 is 21.8 Å². The second-order valence-corrected chi connectivity index (χ2v) is 8.76. The molecule has 1 fully saturated rings. The molecule has 0 radical (unpaired) electrons. The summed E-state index contributed by atoms with van der Waals surface area (Å²) >= 11 is 3.55. The Hall–Kier alpha value is -2.64. The minimum absolute atomic E-state index is 0.154. The van der Waals surface area contributed by atoms with Crippen molar-refractivity contribution in [2.45, 2.75) is 39.3 Å². The van der Waals surface area contributed by atoms with Gasteiger partial charge < -0.3 is 4.74 Å². The van der Waals surface area contributed by atoms with Crippen LogP contribution in [0.25, 0.3) is 0 Å². The van der Waals surface area contributed by atoms with Crippen LogP contribution in [0.15, 0.2) is 59.1 Å². The molecule has 1 aromatic heterocycles. The third kappa shape index (κ3) is 5.74. The van der Waals surface area contributed by atoms with Gasteiger partial charge in [-0.1, -0.05) is 52.7 Å². The van der Waals surface area contributed by atoms with E-state index in [0.717, 1.165) is 53.0 Å². The molecule has 2 aromatic carbocycles. The Morgan fingerprint density at radius 1 is 1.10 bits per heavy atom. The van der Waals surface area contributed by atoms with Crippen molar-refractivity contribution < 1.29 is 9.53 Å². The summed E-state index contributed by atoms with van der Waals surface area (Å²) in [5.41, 5.74) is 6.46. The van der Waals surface area contributed by atoms with Gasteiger partial charge in [-0.25, -0.2) is 5.01 Å². The van der Waals surface area contributed by atoms with E-state index in [1.54, 1.807) is 0 Å². The number of hydrogen-bond donors (Lipinski definition) is 1. The molecule has 0 atom stereocenters. The lowest BCUT2D eigenvalue weighted by molar-refractivity contribution is 0.0744. The third-order valence-corrected chi connectivity index (χ3v) is 5.90. The maximum absolute atomic E-state index is 12.7. The van der Waals surface area contributed by atoms with E-state index in [4.69, 9.17) is 4.74 Å². The number of amides is 1. The Bertz CT molecular complexity index is 1030. The first-order valence-corrected chi connectivity index (χ1v) is 11.4. The summed E-state index contributed by atoms with van der Waals surface area (Å²) in [6.45, 7) is 4.77. The zero-order valence-electron chi connectivity index (χ0n) is 17.7. The van der Waals surface area contributed by atoms with E-state index < -0.39 is 0 Å². The highest BCUT2D eigenvalue weighted by atomic mass is 79.9. The van der Waals surface area contributed by atoms with Crippen LogP contribution in [0.1, 0.15) is 46.6 Å². The number of benzene rings is 2. The molecule has 1 saturated heterocycles. The van der Waals surface area contributed by atoms with Gasteiger partial charge in [0.1, 0.15) is 12.4 Å². The fraction of sp³-hybridized carbons (Fsp3) is 0.333. The molecule has 1 amide bonds. The molecule has 0 saturated carbocycles. The Morgan fingerprint density at radius 2 is 1.87 bits per heavy atom. The van der Waals surface area contributed by atoms with Crippen LogP contribution in [0.4, 0.5) is 0 Å². The zero-order valence-corrected chi connectivity index (χ0v) is 19.3. The summed E-state index contributed by atoms with van der Waals surface area (Å²) in [6.07, 6.45) is 3.45. The Morgan fingerprint density at radius 3 is 2.65 bits per heavy atom. The van der Waals surface area contributed by atoms with Gasteiger partial charge in [0.15, 0.2) is 5.69 Å². The largest absolute Gasteiger partial charge is 0.489 e. The van der Waals surface area contributed by atoms with E-state index in [0.29, 0.717) is 18.8 Å².